The van der Waals surface area contributed by atoms with E-state index < -0.39 is 5.60 Å². The van der Waals surface area contributed by atoms with Crippen molar-refractivity contribution in [3.05, 3.63) is 21.9 Å². The number of rotatable bonds is 9. The number of carbonyl (C=O) groups is 1. The molecule has 0 aromatic carbocycles. The Morgan fingerprint density at radius 3 is 2.52 bits per heavy atom. The summed E-state index contributed by atoms with van der Waals surface area (Å²) in [5, 5.41) is 3.38. The third-order valence-corrected chi connectivity index (χ3v) is 4.37. The lowest BCUT2D eigenvalue weighted by Gasteiger charge is -2.27. The van der Waals surface area contributed by atoms with Crippen LogP contribution in [-0.2, 0) is 22.4 Å². The molecular formula is C17H30N2O3S. The van der Waals surface area contributed by atoms with Crippen molar-refractivity contribution in [3.63, 3.8) is 0 Å². The van der Waals surface area contributed by atoms with Gasteiger partial charge in [-0.2, -0.15) is 0 Å². The van der Waals surface area contributed by atoms with Crippen LogP contribution in [0.1, 0.15) is 37.4 Å². The van der Waals surface area contributed by atoms with Crippen molar-refractivity contribution < 1.29 is 14.3 Å². The van der Waals surface area contributed by atoms with Crippen LogP contribution in [0.15, 0.2) is 12.1 Å². The van der Waals surface area contributed by atoms with E-state index in [1.807, 2.05) is 32.1 Å². The van der Waals surface area contributed by atoms with E-state index in [4.69, 9.17) is 9.47 Å². The second-order valence-corrected chi connectivity index (χ2v) is 7.61. The molecule has 0 aliphatic rings. The smallest absolute Gasteiger partial charge is 0.410 e. The maximum absolute atomic E-state index is 12.2. The molecule has 23 heavy (non-hydrogen) atoms. The van der Waals surface area contributed by atoms with E-state index in [0.29, 0.717) is 19.7 Å². The van der Waals surface area contributed by atoms with Gasteiger partial charge in [0.15, 0.2) is 0 Å². The highest BCUT2D eigenvalue weighted by atomic mass is 32.1. The first-order valence-electron chi connectivity index (χ1n) is 8.11. The number of aryl methyl sites for hydroxylation is 1. The second-order valence-electron chi connectivity index (χ2n) is 6.36. The quantitative estimate of drug-likeness (QED) is 0.700. The molecular weight excluding hydrogens is 312 g/mol. The monoisotopic (exact) mass is 342 g/mol. The summed E-state index contributed by atoms with van der Waals surface area (Å²) in [5.74, 6) is 0. The van der Waals surface area contributed by atoms with Crippen LogP contribution in [0.25, 0.3) is 0 Å². The number of thiophene rings is 1. The zero-order valence-electron chi connectivity index (χ0n) is 15.0. The number of carbonyl (C=O) groups excluding carboxylic acids is 1. The largest absolute Gasteiger partial charge is 0.444 e. The van der Waals surface area contributed by atoms with Gasteiger partial charge in [-0.15, -0.1) is 11.3 Å². The van der Waals surface area contributed by atoms with Gasteiger partial charge in [0.05, 0.1) is 6.61 Å². The van der Waals surface area contributed by atoms with Crippen LogP contribution in [-0.4, -0.2) is 49.9 Å². The molecule has 0 radical (unpaired) electrons. The normalized spacial score (nSPS) is 11.5. The molecule has 132 valence electrons. The van der Waals surface area contributed by atoms with Crippen LogP contribution in [0, 0.1) is 0 Å². The average molecular weight is 343 g/mol. The number of amides is 1. The van der Waals surface area contributed by atoms with Crippen molar-refractivity contribution in [2.24, 2.45) is 0 Å². The summed E-state index contributed by atoms with van der Waals surface area (Å²) in [6, 6.07) is 4.33. The highest BCUT2D eigenvalue weighted by Crippen LogP contribution is 2.16. The van der Waals surface area contributed by atoms with Crippen molar-refractivity contribution in [2.75, 3.05) is 33.4 Å². The van der Waals surface area contributed by atoms with Gasteiger partial charge in [-0.05, 0) is 39.3 Å². The van der Waals surface area contributed by atoms with E-state index in [9.17, 15) is 4.79 Å². The molecule has 1 heterocycles. The Hall–Kier alpha value is -1.11. The Kier molecular flexibility index (Phi) is 8.58. The Morgan fingerprint density at radius 1 is 1.26 bits per heavy atom. The lowest BCUT2D eigenvalue weighted by molar-refractivity contribution is 0.0204. The zero-order chi connectivity index (χ0) is 17.3. The molecule has 0 bridgehead atoms. The standard InChI is InChI=1S/C17H30N2O3S/c1-6-14-7-8-15(23-14)13-18-9-10-19(11-12-21-5)16(20)22-17(2,3)4/h7-8,18H,6,9-13H2,1-5H3. The number of nitrogens with one attached hydrogen (secondary N) is 1. The van der Waals surface area contributed by atoms with Gasteiger partial charge in [0.25, 0.3) is 0 Å². The van der Waals surface area contributed by atoms with Gasteiger partial charge in [-0.1, -0.05) is 6.92 Å². The van der Waals surface area contributed by atoms with E-state index >= 15 is 0 Å². The summed E-state index contributed by atoms with van der Waals surface area (Å²) in [7, 11) is 1.63. The summed E-state index contributed by atoms with van der Waals surface area (Å²) >= 11 is 1.83. The molecule has 1 rings (SSSR count). The number of nitrogens with zero attached hydrogens (tertiary/aromatic N) is 1. The Bertz CT molecular complexity index is 469. The highest BCUT2D eigenvalue weighted by Gasteiger charge is 2.21. The summed E-state index contributed by atoms with van der Waals surface area (Å²) < 4.78 is 10.5. The van der Waals surface area contributed by atoms with Gasteiger partial charge < -0.3 is 19.7 Å². The summed E-state index contributed by atoms with van der Waals surface area (Å²) in [6.45, 7) is 11.0. The molecule has 0 unspecified atom stereocenters. The van der Waals surface area contributed by atoms with Gasteiger partial charge in [-0.25, -0.2) is 4.79 Å². The van der Waals surface area contributed by atoms with Crippen molar-refractivity contribution in [2.45, 2.75) is 46.3 Å². The molecule has 5 nitrogen and oxygen atoms in total. The summed E-state index contributed by atoms with van der Waals surface area (Å²) in [4.78, 5) is 16.6. The fourth-order valence-corrected chi connectivity index (χ4v) is 2.88. The van der Waals surface area contributed by atoms with Gasteiger partial charge in [0, 0.05) is 43.0 Å². The molecule has 1 aromatic heterocycles. The first-order valence-corrected chi connectivity index (χ1v) is 8.92. The number of hydrogen-bond acceptors (Lipinski definition) is 5. The van der Waals surface area contributed by atoms with Crippen LogP contribution < -0.4 is 5.32 Å². The van der Waals surface area contributed by atoms with E-state index in [0.717, 1.165) is 19.5 Å². The van der Waals surface area contributed by atoms with Crippen LogP contribution in [0.4, 0.5) is 4.79 Å². The molecule has 0 aliphatic heterocycles. The van der Waals surface area contributed by atoms with Crippen LogP contribution >= 0.6 is 11.3 Å². The molecule has 0 spiro atoms. The van der Waals surface area contributed by atoms with E-state index in [2.05, 4.69) is 24.4 Å². The van der Waals surface area contributed by atoms with Crippen molar-refractivity contribution in [1.82, 2.24) is 10.2 Å². The third kappa shape index (κ3) is 8.34. The lowest BCUT2D eigenvalue weighted by Crippen LogP contribution is -2.42. The predicted molar refractivity (Wildman–Crippen MR) is 95.1 cm³/mol. The molecule has 1 aromatic rings. The van der Waals surface area contributed by atoms with E-state index in [-0.39, 0.29) is 6.09 Å². The average Bonchev–Trinajstić information content (AvgIpc) is 2.92. The molecule has 6 heteroatoms. The van der Waals surface area contributed by atoms with Crippen LogP contribution in [0.2, 0.25) is 0 Å². The minimum Gasteiger partial charge on any atom is -0.444 e. The van der Waals surface area contributed by atoms with Crippen molar-refractivity contribution >= 4 is 17.4 Å². The van der Waals surface area contributed by atoms with Gasteiger partial charge in [0.1, 0.15) is 5.60 Å². The zero-order valence-corrected chi connectivity index (χ0v) is 15.8. The molecule has 1 N–H and O–H groups in total. The number of hydrogen-bond donors (Lipinski definition) is 1. The maximum atomic E-state index is 12.2. The fraction of sp³-hybridized carbons (Fsp3) is 0.706. The number of ether oxygens (including phenoxy) is 2. The first kappa shape index (κ1) is 19.9. The molecule has 0 saturated heterocycles. The SMILES string of the molecule is CCc1ccc(CNCCN(CCOC)C(=O)OC(C)(C)C)s1. The highest BCUT2D eigenvalue weighted by molar-refractivity contribution is 7.11. The Balaban J connectivity index is 2.39. The fourth-order valence-electron chi connectivity index (χ4n) is 1.96. The minimum atomic E-state index is -0.483. The Morgan fingerprint density at radius 2 is 1.96 bits per heavy atom. The molecule has 0 saturated carbocycles. The Labute approximate surface area is 144 Å². The number of methoxy groups -OCH3 is 1. The van der Waals surface area contributed by atoms with E-state index in [1.165, 1.54) is 9.75 Å². The molecule has 0 aliphatic carbocycles. The van der Waals surface area contributed by atoms with Gasteiger partial charge >= 0.3 is 6.09 Å². The summed E-state index contributed by atoms with van der Waals surface area (Å²) in [6.07, 6.45) is 0.787. The molecule has 0 atom stereocenters. The van der Waals surface area contributed by atoms with Crippen molar-refractivity contribution in [1.29, 1.82) is 0 Å². The molecule has 1 amide bonds. The lowest BCUT2D eigenvalue weighted by atomic mass is 10.2. The van der Waals surface area contributed by atoms with Gasteiger partial charge in [-0.3, -0.25) is 0 Å². The molecule has 0 fully saturated rings. The third-order valence-electron chi connectivity index (χ3n) is 3.14. The minimum absolute atomic E-state index is 0.291. The topological polar surface area (TPSA) is 50.8 Å². The summed E-state index contributed by atoms with van der Waals surface area (Å²) in [5.41, 5.74) is -0.483. The maximum Gasteiger partial charge on any atom is 0.410 e. The van der Waals surface area contributed by atoms with E-state index in [1.54, 1.807) is 12.0 Å². The second kappa shape index (κ2) is 9.90. The predicted octanol–water partition coefficient (Wildman–Crippen LogP) is 3.28. The van der Waals surface area contributed by atoms with Crippen molar-refractivity contribution in [3.8, 4) is 0 Å². The van der Waals surface area contributed by atoms with Crippen LogP contribution in [0.5, 0.6) is 0 Å². The first-order chi connectivity index (χ1) is 10.9. The van der Waals surface area contributed by atoms with Crippen LogP contribution in [0.3, 0.4) is 0 Å². The van der Waals surface area contributed by atoms with Gasteiger partial charge in [0.2, 0.25) is 0 Å².